The van der Waals surface area contributed by atoms with Crippen molar-refractivity contribution >= 4 is 23.5 Å². The van der Waals surface area contributed by atoms with Crippen molar-refractivity contribution in [2.75, 3.05) is 6.61 Å². The highest BCUT2D eigenvalue weighted by Crippen LogP contribution is 2.26. The highest BCUT2D eigenvalue weighted by molar-refractivity contribution is 6.32. The predicted molar refractivity (Wildman–Crippen MR) is 73.8 cm³/mol. The molecule has 1 aromatic carbocycles. The van der Waals surface area contributed by atoms with Gasteiger partial charge in [-0.2, -0.15) is 0 Å². The van der Waals surface area contributed by atoms with Gasteiger partial charge in [-0.25, -0.2) is 4.39 Å². The van der Waals surface area contributed by atoms with Crippen LogP contribution in [-0.2, 0) is 9.59 Å². The van der Waals surface area contributed by atoms with Gasteiger partial charge in [-0.15, -0.1) is 0 Å². The summed E-state index contributed by atoms with van der Waals surface area (Å²) in [6.07, 6.45) is 1.97. The van der Waals surface area contributed by atoms with Gasteiger partial charge in [-0.1, -0.05) is 18.0 Å². The Morgan fingerprint density at radius 3 is 2.86 bits per heavy atom. The largest absolute Gasteiger partial charge is 0.482 e. The van der Waals surface area contributed by atoms with Gasteiger partial charge in [0.05, 0.1) is 10.9 Å². The number of carboxylic acid groups (broad SMARTS) is 1. The highest BCUT2D eigenvalue weighted by atomic mass is 35.5. The Hall–Kier alpha value is -1.82. The Morgan fingerprint density at radius 1 is 1.43 bits per heavy atom. The summed E-state index contributed by atoms with van der Waals surface area (Å²) in [7, 11) is 0. The van der Waals surface area contributed by atoms with E-state index in [1.54, 1.807) is 0 Å². The number of carbonyl (C=O) groups excluding carboxylic acids is 1. The summed E-state index contributed by atoms with van der Waals surface area (Å²) in [5, 5.41) is 11.8. The molecule has 2 rings (SSSR count). The number of aliphatic carboxylic acids is 1. The third-order valence-electron chi connectivity index (χ3n) is 3.43. The molecular formula is C14H15ClFNO4. The lowest BCUT2D eigenvalue weighted by atomic mass is 10.0. The fourth-order valence-corrected chi connectivity index (χ4v) is 2.63. The number of carboxylic acids is 1. The third-order valence-corrected chi connectivity index (χ3v) is 3.73. The first kappa shape index (κ1) is 15.6. The van der Waals surface area contributed by atoms with Crippen molar-refractivity contribution in [2.45, 2.75) is 25.3 Å². The van der Waals surface area contributed by atoms with E-state index in [-0.39, 0.29) is 23.4 Å². The molecule has 1 saturated carbocycles. The maximum Gasteiger partial charge on any atom is 0.308 e. The second-order valence-electron chi connectivity index (χ2n) is 4.91. The van der Waals surface area contributed by atoms with Crippen molar-refractivity contribution in [1.82, 2.24) is 5.32 Å². The molecule has 5 nitrogen and oxygen atoms in total. The third kappa shape index (κ3) is 4.07. The molecule has 0 bridgehead atoms. The van der Waals surface area contributed by atoms with Crippen LogP contribution in [0.15, 0.2) is 18.2 Å². The van der Waals surface area contributed by atoms with Gasteiger partial charge in [0.25, 0.3) is 5.91 Å². The lowest BCUT2D eigenvalue weighted by Gasteiger charge is -2.17. The van der Waals surface area contributed by atoms with E-state index in [2.05, 4.69) is 5.32 Å². The number of carbonyl (C=O) groups is 2. The molecule has 2 unspecified atom stereocenters. The first-order valence-corrected chi connectivity index (χ1v) is 6.95. The highest BCUT2D eigenvalue weighted by Gasteiger charge is 2.33. The van der Waals surface area contributed by atoms with Crippen molar-refractivity contribution in [3.05, 3.63) is 29.0 Å². The zero-order valence-electron chi connectivity index (χ0n) is 11.1. The molecule has 0 aromatic heterocycles. The minimum atomic E-state index is -0.903. The van der Waals surface area contributed by atoms with E-state index in [4.69, 9.17) is 21.4 Å². The van der Waals surface area contributed by atoms with Gasteiger partial charge in [0.2, 0.25) is 0 Å². The van der Waals surface area contributed by atoms with Crippen LogP contribution < -0.4 is 10.1 Å². The van der Waals surface area contributed by atoms with Crippen molar-refractivity contribution in [3.8, 4) is 5.75 Å². The van der Waals surface area contributed by atoms with E-state index in [1.807, 2.05) is 0 Å². The summed E-state index contributed by atoms with van der Waals surface area (Å²) in [6, 6.07) is 3.23. The number of ether oxygens (including phenoxy) is 1. The number of benzene rings is 1. The normalized spacial score (nSPS) is 21.0. The smallest absolute Gasteiger partial charge is 0.308 e. The van der Waals surface area contributed by atoms with Gasteiger partial charge in [0.15, 0.2) is 6.61 Å². The Balaban J connectivity index is 1.86. The average Bonchev–Trinajstić information content (AvgIpc) is 2.86. The van der Waals surface area contributed by atoms with Gasteiger partial charge in [-0.05, 0) is 31.0 Å². The van der Waals surface area contributed by atoms with E-state index >= 15 is 0 Å². The first-order chi connectivity index (χ1) is 9.97. The van der Waals surface area contributed by atoms with E-state index in [1.165, 1.54) is 12.1 Å². The molecule has 1 aliphatic carbocycles. The van der Waals surface area contributed by atoms with Crippen LogP contribution in [0.2, 0.25) is 5.02 Å². The number of nitrogens with one attached hydrogen (secondary N) is 1. The molecular weight excluding hydrogens is 301 g/mol. The van der Waals surface area contributed by atoms with Gasteiger partial charge in [0, 0.05) is 6.04 Å². The van der Waals surface area contributed by atoms with Crippen LogP contribution in [0.3, 0.4) is 0 Å². The number of rotatable bonds is 5. The van der Waals surface area contributed by atoms with Crippen molar-refractivity contribution in [3.63, 3.8) is 0 Å². The summed E-state index contributed by atoms with van der Waals surface area (Å²) in [5.41, 5.74) is 0. The van der Waals surface area contributed by atoms with Crippen LogP contribution in [0.5, 0.6) is 5.75 Å². The molecule has 114 valence electrons. The molecule has 2 N–H and O–H groups in total. The molecule has 1 amide bonds. The van der Waals surface area contributed by atoms with E-state index in [0.29, 0.717) is 12.8 Å². The second-order valence-corrected chi connectivity index (χ2v) is 5.32. The van der Waals surface area contributed by atoms with Crippen LogP contribution in [0.25, 0.3) is 0 Å². The van der Waals surface area contributed by atoms with Gasteiger partial charge in [-0.3, -0.25) is 9.59 Å². The number of hydrogen-bond donors (Lipinski definition) is 2. The maximum atomic E-state index is 12.9. The maximum absolute atomic E-state index is 12.9. The predicted octanol–water partition coefficient (Wildman–Crippen LogP) is 2.23. The Bertz CT molecular complexity index is 552. The van der Waals surface area contributed by atoms with Crippen molar-refractivity contribution in [2.24, 2.45) is 5.92 Å². The van der Waals surface area contributed by atoms with Crippen LogP contribution in [0.4, 0.5) is 4.39 Å². The Labute approximate surface area is 126 Å². The SMILES string of the molecule is O=C(COc1ccc(F)cc1Cl)NC1CCCC1C(=O)O. The van der Waals surface area contributed by atoms with E-state index < -0.39 is 23.6 Å². The molecule has 0 heterocycles. The first-order valence-electron chi connectivity index (χ1n) is 6.57. The molecule has 2 atom stereocenters. The molecule has 1 fully saturated rings. The molecule has 21 heavy (non-hydrogen) atoms. The molecule has 1 aromatic rings. The standard InChI is InChI=1S/C14H15ClFNO4/c15-10-6-8(16)4-5-12(10)21-7-13(18)17-11-3-1-2-9(11)14(19)20/h4-6,9,11H,1-3,7H2,(H,17,18)(H,19,20). The second kappa shape index (κ2) is 6.76. The Kier molecular flexibility index (Phi) is 5.01. The molecule has 0 radical (unpaired) electrons. The fraction of sp³-hybridized carbons (Fsp3) is 0.429. The average molecular weight is 316 g/mol. The van der Waals surface area contributed by atoms with Crippen LogP contribution in [-0.4, -0.2) is 29.6 Å². The van der Waals surface area contributed by atoms with Gasteiger partial charge >= 0.3 is 5.97 Å². The van der Waals surface area contributed by atoms with Crippen LogP contribution in [0.1, 0.15) is 19.3 Å². The summed E-state index contributed by atoms with van der Waals surface area (Å²) < 4.78 is 18.1. The van der Waals surface area contributed by atoms with Crippen molar-refractivity contribution < 1.29 is 23.8 Å². The lowest BCUT2D eigenvalue weighted by Crippen LogP contribution is -2.42. The lowest BCUT2D eigenvalue weighted by molar-refractivity contribution is -0.142. The summed E-state index contributed by atoms with van der Waals surface area (Å²) in [4.78, 5) is 22.8. The van der Waals surface area contributed by atoms with E-state index in [9.17, 15) is 14.0 Å². The van der Waals surface area contributed by atoms with Crippen LogP contribution >= 0.6 is 11.6 Å². The fourth-order valence-electron chi connectivity index (χ4n) is 2.41. The van der Waals surface area contributed by atoms with Crippen LogP contribution in [0, 0.1) is 11.7 Å². The molecule has 7 heteroatoms. The molecule has 0 saturated heterocycles. The number of hydrogen-bond acceptors (Lipinski definition) is 3. The van der Waals surface area contributed by atoms with Gasteiger partial charge < -0.3 is 15.2 Å². The van der Waals surface area contributed by atoms with Gasteiger partial charge in [0.1, 0.15) is 11.6 Å². The zero-order chi connectivity index (χ0) is 15.4. The summed E-state index contributed by atoms with van der Waals surface area (Å²) >= 11 is 5.77. The minimum Gasteiger partial charge on any atom is -0.482 e. The van der Waals surface area contributed by atoms with E-state index in [0.717, 1.165) is 12.5 Å². The summed E-state index contributed by atoms with van der Waals surface area (Å²) in [6.45, 7) is -0.297. The monoisotopic (exact) mass is 315 g/mol. The van der Waals surface area contributed by atoms with Crippen molar-refractivity contribution in [1.29, 1.82) is 0 Å². The topological polar surface area (TPSA) is 75.6 Å². The number of amides is 1. The zero-order valence-corrected chi connectivity index (χ0v) is 11.9. The Morgan fingerprint density at radius 2 is 2.19 bits per heavy atom. The molecule has 0 spiro atoms. The molecule has 1 aliphatic rings. The number of halogens is 2. The molecule has 0 aliphatic heterocycles. The minimum absolute atomic E-state index is 0.0760. The quantitative estimate of drug-likeness (QED) is 0.873. The summed E-state index contributed by atoms with van der Waals surface area (Å²) in [5.74, 6) is -2.17.